The highest BCUT2D eigenvalue weighted by Crippen LogP contribution is 2.35. The molecule has 0 saturated carbocycles. The van der Waals surface area contributed by atoms with Crippen molar-refractivity contribution in [3.8, 4) is 0 Å². The van der Waals surface area contributed by atoms with E-state index in [1.165, 1.54) is 90.5 Å². The number of carbonyl (C=O) groups excluding carboxylic acids is 1. The van der Waals surface area contributed by atoms with E-state index in [9.17, 15) is 13.2 Å². The van der Waals surface area contributed by atoms with Crippen molar-refractivity contribution in [2.75, 3.05) is 7.05 Å². The van der Waals surface area contributed by atoms with E-state index in [0.29, 0.717) is 5.56 Å². The molecule has 176 valence electrons. The fraction of sp³-hybridized carbons (Fsp3) is 0.731. The Morgan fingerprint density at radius 2 is 1.19 bits per heavy atom. The van der Waals surface area contributed by atoms with Crippen LogP contribution in [0.15, 0.2) is 11.0 Å². The molecular formula is C26H43NO3S. The highest BCUT2D eigenvalue weighted by atomic mass is 32.2. The lowest BCUT2D eigenvalue weighted by Crippen LogP contribution is -2.25. The Hall–Kier alpha value is -1.36. The normalized spacial score (nSPS) is 15.0. The van der Waals surface area contributed by atoms with Gasteiger partial charge < -0.3 is 0 Å². The monoisotopic (exact) mass is 449 g/mol. The first kappa shape index (κ1) is 25.9. The lowest BCUT2D eigenvalue weighted by molar-refractivity contribution is 0.0891. The largest absolute Gasteiger partial charge is 0.269 e. The molecule has 0 N–H and O–H groups in total. The van der Waals surface area contributed by atoms with E-state index in [1.807, 2.05) is 13.8 Å². The van der Waals surface area contributed by atoms with E-state index >= 15 is 0 Å². The topological polar surface area (TPSA) is 54.5 Å². The van der Waals surface area contributed by atoms with E-state index in [1.54, 1.807) is 6.07 Å². The molecule has 31 heavy (non-hydrogen) atoms. The highest BCUT2D eigenvalue weighted by molar-refractivity contribution is 7.90. The molecule has 1 aromatic carbocycles. The minimum absolute atomic E-state index is 0.198. The minimum atomic E-state index is -3.67. The number of sulfonamides is 1. The van der Waals surface area contributed by atoms with Gasteiger partial charge in [0.1, 0.15) is 4.90 Å². The summed E-state index contributed by atoms with van der Waals surface area (Å²) in [6.45, 7) is 6.14. The zero-order chi connectivity index (χ0) is 22.9. The average Bonchev–Trinajstić information content (AvgIpc) is 2.91. The van der Waals surface area contributed by atoms with Crippen LogP contribution in [0.5, 0.6) is 0 Å². The predicted molar refractivity (Wildman–Crippen MR) is 129 cm³/mol. The summed E-state index contributed by atoms with van der Waals surface area (Å²) in [5, 5.41) is 0. The molecule has 0 fully saturated rings. The molecule has 1 heterocycles. The molecule has 0 saturated heterocycles. The van der Waals surface area contributed by atoms with Gasteiger partial charge in [0.25, 0.3) is 15.9 Å². The van der Waals surface area contributed by atoms with Crippen molar-refractivity contribution in [3.05, 3.63) is 28.3 Å². The number of hydrogen-bond donors (Lipinski definition) is 0. The Labute approximate surface area is 190 Å². The maximum Gasteiger partial charge on any atom is 0.269 e. The number of rotatable bonds is 15. The van der Waals surface area contributed by atoms with Crippen molar-refractivity contribution in [3.63, 3.8) is 0 Å². The van der Waals surface area contributed by atoms with Gasteiger partial charge in [-0.05, 0) is 49.4 Å². The standard InChI is InChI=1S/C26H43NO3S/c1-5-6-7-8-9-10-11-12-13-14-15-16-17-18-19-23-20-24-25(22(3)21(23)2)26(28)27(4)31(24,29)30/h20H,5-19H2,1-4H3. The third-order valence-corrected chi connectivity index (χ3v) is 8.67. The van der Waals surface area contributed by atoms with Crippen LogP contribution >= 0.6 is 0 Å². The van der Waals surface area contributed by atoms with Crippen molar-refractivity contribution < 1.29 is 13.2 Å². The van der Waals surface area contributed by atoms with Crippen LogP contribution in [-0.2, 0) is 16.4 Å². The molecule has 2 rings (SSSR count). The Morgan fingerprint density at radius 1 is 0.742 bits per heavy atom. The van der Waals surface area contributed by atoms with Gasteiger partial charge in [0, 0.05) is 7.05 Å². The Balaban J connectivity index is 1.64. The van der Waals surface area contributed by atoms with Crippen molar-refractivity contribution in [1.29, 1.82) is 0 Å². The quantitative estimate of drug-likeness (QED) is 0.268. The molecule has 0 radical (unpaired) electrons. The number of benzene rings is 1. The number of fused-ring (bicyclic) bond motifs is 1. The summed E-state index contributed by atoms with van der Waals surface area (Å²) < 4.78 is 25.9. The van der Waals surface area contributed by atoms with E-state index in [2.05, 4.69) is 6.92 Å². The van der Waals surface area contributed by atoms with Crippen molar-refractivity contribution in [2.24, 2.45) is 0 Å². The summed E-state index contributed by atoms with van der Waals surface area (Å²) in [5.41, 5.74) is 3.31. The maximum atomic E-state index is 12.5. The molecule has 0 unspecified atom stereocenters. The molecule has 5 heteroatoms. The maximum absolute atomic E-state index is 12.5. The molecule has 0 atom stereocenters. The molecule has 1 aliphatic heterocycles. The number of amides is 1. The van der Waals surface area contributed by atoms with Crippen LogP contribution in [0.2, 0.25) is 0 Å². The van der Waals surface area contributed by atoms with Gasteiger partial charge in [-0.3, -0.25) is 4.79 Å². The Kier molecular flexibility index (Phi) is 10.5. The number of carbonyl (C=O) groups is 1. The summed E-state index contributed by atoms with van der Waals surface area (Å²) in [4.78, 5) is 12.5. The predicted octanol–water partition coefficient (Wildman–Crippen LogP) is 7.10. The van der Waals surface area contributed by atoms with Crippen LogP contribution < -0.4 is 0 Å². The second-order valence-electron chi connectivity index (χ2n) is 9.28. The Bertz CT molecular complexity index is 830. The van der Waals surface area contributed by atoms with Gasteiger partial charge in [-0.1, -0.05) is 90.4 Å². The molecule has 0 spiro atoms. The first-order valence-corrected chi connectivity index (χ1v) is 13.9. The van der Waals surface area contributed by atoms with Crippen molar-refractivity contribution >= 4 is 15.9 Å². The zero-order valence-electron chi connectivity index (χ0n) is 20.3. The van der Waals surface area contributed by atoms with E-state index in [4.69, 9.17) is 0 Å². The van der Waals surface area contributed by atoms with Crippen LogP contribution in [0, 0.1) is 13.8 Å². The fourth-order valence-corrected chi connectivity index (χ4v) is 6.00. The van der Waals surface area contributed by atoms with Gasteiger partial charge in [0.15, 0.2) is 0 Å². The second kappa shape index (κ2) is 12.6. The van der Waals surface area contributed by atoms with Crippen LogP contribution in [0.25, 0.3) is 0 Å². The molecule has 0 bridgehead atoms. The van der Waals surface area contributed by atoms with E-state index in [0.717, 1.165) is 33.8 Å². The van der Waals surface area contributed by atoms with Crippen molar-refractivity contribution in [1.82, 2.24) is 4.31 Å². The third-order valence-electron chi connectivity index (χ3n) is 6.91. The summed E-state index contributed by atoms with van der Waals surface area (Å²) in [6, 6.07) is 1.75. The number of unbranched alkanes of at least 4 members (excludes halogenated alkanes) is 13. The lowest BCUT2D eigenvalue weighted by atomic mass is 9.94. The van der Waals surface area contributed by atoms with Crippen LogP contribution in [-0.4, -0.2) is 25.7 Å². The summed E-state index contributed by atoms with van der Waals surface area (Å²) >= 11 is 0. The van der Waals surface area contributed by atoms with Crippen LogP contribution in [0.1, 0.15) is 124 Å². The average molecular weight is 450 g/mol. The molecular weight excluding hydrogens is 406 g/mol. The number of nitrogens with zero attached hydrogens (tertiary/aromatic N) is 1. The van der Waals surface area contributed by atoms with Gasteiger partial charge >= 0.3 is 0 Å². The van der Waals surface area contributed by atoms with Gasteiger partial charge in [-0.25, -0.2) is 12.7 Å². The molecule has 0 aromatic heterocycles. The Morgan fingerprint density at radius 3 is 1.68 bits per heavy atom. The van der Waals surface area contributed by atoms with Gasteiger partial charge in [0.2, 0.25) is 0 Å². The summed E-state index contributed by atoms with van der Waals surface area (Å²) in [6.07, 6.45) is 19.5. The summed E-state index contributed by atoms with van der Waals surface area (Å²) in [7, 11) is -2.32. The van der Waals surface area contributed by atoms with Gasteiger partial charge in [0.05, 0.1) is 5.56 Å². The van der Waals surface area contributed by atoms with Crippen LogP contribution in [0.3, 0.4) is 0 Å². The SMILES string of the molecule is CCCCCCCCCCCCCCCCc1cc2c(c(C)c1C)C(=O)N(C)S2(=O)=O. The minimum Gasteiger partial charge on any atom is -0.268 e. The first-order valence-electron chi connectivity index (χ1n) is 12.5. The van der Waals surface area contributed by atoms with Crippen molar-refractivity contribution in [2.45, 2.75) is 122 Å². The molecule has 1 amide bonds. The highest BCUT2D eigenvalue weighted by Gasteiger charge is 2.40. The zero-order valence-corrected chi connectivity index (χ0v) is 21.1. The van der Waals surface area contributed by atoms with Gasteiger partial charge in [-0.2, -0.15) is 0 Å². The fourth-order valence-electron chi connectivity index (χ4n) is 4.60. The molecule has 0 aliphatic carbocycles. The second-order valence-corrected chi connectivity index (χ2v) is 11.2. The summed E-state index contributed by atoms with van der Waals surface area (Å²) in [5.74, 6) is -0.404. The molecule has 1 aromatic rings. The first-order chi connectivity index (χ1) is 14.8. The molecule has 1 aliphatic rings. The van der Waals surface area contributed by atoms with E-state index in [-0.39, 0.29) is 4.90 Å². The number of aryl methyl sites for hydroxylation is 1. The van der Waals surface area contributed by atoms with E-state index < -0.39 is 15.9 Å². The third kappa shape index (κ3) is 6.81. The van der Waals surface area contributed by atoms with Gasteiger partial charge in [-0.15, -0.1) is 0 Å². The number of hydrogen-bond acceptors (Lipinski definition) is 3. The molecule has 4 nitrogen and oxygen atoms in total. The smallest absolute Gasteiger partial charge is 0.268 e. The lowest BCUT2D eigenvalue weighted by Gasteiger charge is -2.12. The van der Waals surface area contributed by atoms with Crippen LogP contribution in [0.4, 0.5) is 0 Å².